The Morgan fingerprint density at radius 2 is 1.60 bits per heavy atom. The Balaban J connectivity index is 2.85. The van der Waals surface area contributed by atoms with Crippen molar-refractivity contribution < 1.29 is 20.1 Å². The number of aliphatic hydroxyl groups excluding tert-OH is 2. The van der Waals surface area contributed by atoms with Crippen LogP contribution in [0.4, 0.5) is 0 Å². The molecule has 0 aliphatic heterocycles. The van der Waals surface area contributed by atoms with Crippen LogP contribution in [0.1, 0.15) is 26.7 Å². The quantitative estimate of drug-likeness (QED) is 0.647. The maximum atomic E-state index is 11.1. The second-order valence-corrected chi connectivity index (χ2v) is 4.43. The first-order valence-corrected chi connectivity index (χ1v) is 5.35. The van der Waals surface area contributed by atoms with Gasteiger partial charge in [0, 0.05) is 0 Å². The molecule has 1 saturated carbocycles. The zero-order valence-corrected chi connectivity index (χ0v) is 9.13. The third-order valence-corrected chi connectivity index (χ3v) is 3.32. The molecule has 1 aliphatic rings. The van der Waals surface area contributed by atoms with Crippen LogP contribution in [0.15, 0.2) is 0 Å². The highest BCUT2D eigenvalue weighted by Crippen LogP contribution is 2.38. The van der Waals surface area contributed by atoms with Crippen LogP contribution < -0.4 is 0 Å². The molecule has 4 atom stereocenters. The number of carbonyl (C=O) groups is 1. The van der Waals surface area contributed by atoms with Crippen molar-refractivity contribution in [3.8, 4) is 0 Å². The maximum Gasteiger partial charge on any atom is 0.307 e. The first-order valence-electron chi connectivity index (χ1n) is 5.35. The smallest absolute Gasteiger partial charge is 0.307 e. The average Bonchev–Trinajstić information content (AvgIpc) is 2.16. The highest BCUT2D eigenvalue weighted by atomic mass is 16.4. The predicted octanol–water partition coefficient (Wildman–Crippen LogP) is 0.679. The van der Waals surface area contributed by atoms with E-state index >= 15 is 0 Å². The van der Waals surface area contributed by atoms with Crippen LogP contribution >= 0.6 is 0 Å². The van der Waals surface area contributed by atoms with Crippen molar-refractivity contribution in [1.82, 2.24) is 0 Å². The normalized spacial score (nSPS) is 35.9. The van der Waals surface area contributed by atoms with Gasteiger partial charge in [0.2, 0.25) is 0 Å². The van der Waals surface area contributed by atoms with Crippen LogP contribution in [0, 0.1) is 24.2 Å². The molecule has 1 aliphatic carbocycles. The van der Waals surface area contributed by atoms with Gasteiger partial charge in [-0.05, 0) is 44.9 Å². The Kier molecular flexibility index (Phi) is 4.11. The molecular weight excluding hydrogens is 196 g/mol. The summed E-state index contributed by atoms with van der Waals surface area (Å²) in [4.78, 5) is 11.1. The summed E-state index contributed by atoms with van der Waals surface area (Å²) in [5, 5.41) is 28.2. The fraction of sp³-hybridized carbons (Fsp3) is 0.818. The van der Waals surface area contributed by atoms with E-state index in [9.17, 15) is 15.0 Å². The van der Waals surface area contributed by atoms with Crippen LogP contribution in [-0.2, 0) is 4.79 Å². The van der Waals surface area contributed by atoms with Gasteiger partial charge in [-0.25, -0.2) is 0 Å². The van der Waals surface area contributed by atoms with E-state index in [2.05, 4.69) is 0 Å². The third kappa shape index (κ3) is 2.69. The summed E-state index contributed by atoms with van der Waals surface area (Å²) in [6.07, 6.45) is 1.89. The number of hydrogen-bond donors (Lipinski definition) is 3. The van der Waals surface area contributed by atoms with Gasteiger partial charge in [-0.1, -0.05) is 0 Å². The first kappa shape index (κ1) is 12.5. The monoisotopic (exact) mass is 215 g/mol. The standard InChI is InChI=1S/C11H19O4/c1-6(12)8-4-3-5-9(7(2)13)10(8)11(14)15/h3,6-10,12-13H,4-5H2,1-2H3,(H,14,15). The van der Waals surface area contributed by atoms with Gasteiger partial charge < -0.3 is 15.3 Å². The summed E-state index contributed by atoms with van der Waals surface area (Å²) < 4.78 is 0. The lowest BCUT2D eigenvalue weighted by Crippen LogP contribution is -2.43. The predicted molar refractivity (Wildman–Crippen MR) is 55.0 cm³/mol. The Morgan fingerprint density at radius 3 is 1.87 bits per heavy atom. The largest absolute Gasteiger partial charge is 0.481 e. The summed E-state index contributed by atoms with van der Waals surface area (Å²) >= 11 is 0. The number of hydrogen-bond acceptors (Lipinski definition) is 3. The van der Waals surface area contributed by atoms with Crippen molar-refractivity contribution in [3.63, 3.8) is 0 Å². The Hall–Kier alpha value is -0.610. The van der Waals surface area contributed by atoms with E-state index in [1.807, 2.05) is 6.42 Å². The van der Waals surface area contributed by atoms with Crippen LogP contribution in [0.3, 0.4) is 0 Å². The number of aliphatic hydroxyl groups is 2. The van der Waals surface area contributed by atoms with E-state index in [-0.39, 0.29) is 11.8 Å². The molecule has 0 aromatic rings. The molecule has 0 bridgehead atoms. The maximum absolute atomic E-state index is 11.1. The average molecular weight is 215 g/mol. The van der Waals surface area contributed by atoms with Crippen LogP contribution in [0.2, 0.25) is 0 Å². The van der Waals surface area contributed by atoms with E-state index < -0.39 is 24.1 Å². The number of rotatable bonds is 3. The third-order valence-electron chi connectivity index (χ3n) is 3.32. The van der Waals surface area contributed by atoms with E-state index in [0.29, 0.717) is 12.8 Å². The molecule has 0 saturated heterocycles. The summed E-state index contributed by atoms with van der Waals surface area (Å²) in [7, 11) is 0. The molecule has 0 aromatic carbocycles. The summed E-state index contributed by atoms with van der Waals surface area (Å²) in [6, 6.07) is 0. The van der Waals surface area contributed by atoms with Gasteiger partial charge in [-0.15, -0.1) is 0 Å². The minimum atomic E-state index is -0.917. The van der Waals surface area contributed by atoms with Gasteiger partial charge in [-0.3, -0.25) is 4.79 Å². The lowest BCUT2D eigenvalue weighted by Gasteiger charge is -2.38. The molecule has 1 rings (SSSR count). The Morgan fingerprint density at radius 1 is 1.20 bits per heavy atom. The lowest BCUT2D eigenvalue weighted by atomic mass is 9.68. The number of aliphatic carboxylic acids is 1. The van der Waals surface area contributed by atoms with Crippen molar-refractivity contribution in [2.24, 2.45) is 17.8 Å². The van der Waals surface area contributed by atoms with Crippen LogP contribution in [0.25, 0.3) is 0 Å². The molecule has 4 nitrogen and oxygen atoms in total. The van der Waals surface area contributed by atoms with Gasteiger partial charge in [-0.2, -0.15) is 0 Å². The van der Waals surface area contributed by atoms with Gasteiger partial charge in [0.1, 0.15) is 0 Å². The zero-order valence-electron chi connectivity index (χ0n) is 9.13. The Bertz CT molecular complexity index is 209. The first-order chi connectivity index (χ1) is 6.95. The molecule has 0 aromatic heterocycles. The van der Waals surface area contributed by atoms with Crippen molar-refractivity contribution in [1.29, 1.82) is 0 Å². The lowest BCUT2D eigenvalue weighted by molar-refractivity contribution is -0.152. The molecular formula is C11H19O4. The Labute approximate surface area is 89.9 Å². The molecule has 15 heavy (non-hydrogen) atoms. The molecule has 1 fully saturated rings. The van der Waals surface area contributed by atoms with Crippen LogP contribution in [-0.4, -0.2) is 33.5 Å². The topological polar surface area (TPSA) is 77.8 Å². The molecule has 0 spiro atoms. The summed E-state index contributed by atoms with van der Waals surface area (Å²) in [6.45, 7) is 3.22. The van der Waals surface area contributed by atoms with E-state index in [0.717, 1.165) is 0 Å². The fourth-order valence-corrected chi connectivity index (χ4v) is 2.45. The molecule has 4 unspecified atom stereocenters. The molecule has 1 radical (unpaired) electrons. The molecule has 87 valence electrons. The molecule has 4 heteroatoms. The van der Waals surface area contributed by atoms with Crippen molar-refractivity contribution in [2.75, 3.05) is 0 Å². The van der Waals surface area contributed by atoms with E-state index in [1.165, 1.54) is 0 Å². The molecule has 0 amide bonds. The van der Waals surface area contributed by atoms with Gasteiger partial charge in [0.15, 0.2) is 0 Å². The van der Waals surface area contributed by atoms with Gasteiger partial charge in [0.05, 0.1) is 18.1 Å². The molecule has 0 heterocycles. The zero-order chi connectivity index (χ0) is 11.6. The second kappa shape index (κ2) is 4.94. The number of carboxylic acids is 1. The second-order valence-electron chi connectivity index (χ2n) is 4.43. The van der Waals surface area contributed by atoms with Crippen LogP contribution in [0.5, 0.6) is 0 Å². The molecule has 3 N–H and O–H groups in total. The van der Waals surface area contributed by atoms with E-state index in [1.54, 1.807) is 13.8 Å². The number of carboxylic acid groups (broad SMARTS) is 1. The van der Waals surface area contributed by atoms with Gasteiger partial charge >= 0.3 is 5.97 Å². The summed E-state index contributed by atoms with van der Waals surface area (Å²) in [5.41, 5.74) is 0. The van der Waals surface area contributed by atoms with Gasteiger partial charge in [0.25, 0.3) is 0 Å². The van der Waals surface area contributed by atoms with E-state index in [4.69, 9.17) is 5.11 Å². The van der Waals surface area contributed by atoms with Crippen molar-refractivity contribution >= 4 is 5.97 Å². The SMILES string of the molecule is CC(O)C1C[CH]CC(C(C)O)C1C(=O)O. The minimum absolute atomic E-state index is 0.282. The minimum Gasteiger partial charge on any atom is -0.481 e. The van der Waals surface area contributed by atoms with Crippen molar-refractivity contribution in [3.05, 3.63) is 6.42 Å². The fourth-order valence-electron chi connectivity index (χ4n) is 2.45. The summed E-state index contributed by atoms with van der Waals surface area (Å²) in [5.74, 6) is -2.12. The van der Waals surface area contributed by atoms with Crippen molar-refractivity contribution in [2.45, 2.75) is 38.9 Å². The highest BCUT2D eigenvalue weighted by molar-refractivity contribution is 5.71. The highest BCUT2D eigenvalue weighted by Gasteiger charge is 2.42.